The second kappa shape index (κ2) is 9.72. The van der Waals surface area contributed by atoms with Crippen LogP contribution in [0.1, 0.15) is 29.0 Å². The summed E-state index contributed by atoms with van der Waals surface area (Å²) in [6.07, 6.45) is 0.0859. The van der Waals surface area contributed by atoms with Gasteiger partial charge in [-0.2, -0.15) is 0 Å². The molecule has 0 saturated carbocycles. The zero-order valence-electron chi connectivity index (χ0n) is 19.0. The smallest absolute Gasteiger partial charge is 0.407 e. The van der Waals surface area contributed by atoms with E-state index in [1.165, 1.54) is 22.3 Å². The molecule has 1 N–H and O–H groups in total. The van der Waals surface area contributed by atoms with Gasteiger partial charge in [0.15, 0.2) is 0 Å². The van der Waals surface area contributed by atoms with E-state index in [4.69, 9.17) is 9.47 Å². The minimum atomic E-state index is -0.425. The fraction of sp³-hybridized carbons (Fsp3) is 0.167. The average Bonchev–Trinajstić information content (AvgIpc) is 3.21. The van der Waals surface area contributed by atoms with Gasteiger partial charge in [-0.3, -0.25) is 0 Å². The van der Waals surface area contributed by atoms with E-state index in [9.17, 15) is 4.79 Å². The summed E-state index contributed by atoms with van der Waals surface area (Å²) in [4.78, 5) is 12.3. The van der Waals surface area contributed by atoms with Crippen molar-refractivity contribution in [3.8, 4) is 28.7 Å². The summed E-state index contributed by atoms with van der Waals surface area (Å²) in [5.41, 5.74) is 5.69. The van der Waals surface area contributed by atoms with Gasteiger partial charge in [-0.25, -0.2) is 4.79 Å². The predicted molar refractivity (Wildman–Crippen MR) is 135 cm³/mol. The van der Waals surface area contributed by atoms with Crippen LogP contribution in [0.3, 0.4) is 0 Å². The molecule has 4 nitrogen and oxygen atoms in total. The molecule has 0 unspecified atom stereocenters. The third-order valence-corrected chi connectivity index (χ3v) is 6.19. The number of benzene rings is 4. The summed E-state index contributed by atoms with van der Waals surface area (Å²) in [5.74, 6) is 7.16. The van der Waals surface area contributed by atoms with Crippen LogP contribution in [0.25, 0.3) is 21.9 Å². The zero-order chi connectivity index (χ0) is 23.3. The van der Waals surface area contributed by atoms with Crippen LogP contribution >= 0.6 is 0 Å². The van der Waals surface area contributed by atoms with Crippen LogP contribution in [0.5, 0.6) is 5.75 Å². The Kier molecular flexibility index (Phi) is 6.18. The van der Waals surface area contributed by atoms with Gasteiger partial charge < -0.3 is 14.8 Å². The molecule has 1 amide bonds. The Hall–Kier alpha value is -4.23. The molecule has 4 heteroatoms. The molecule has 0 bridgehead atoms. The van der Waals surface area contributed by atoms with Crippen molar-refractivity contribution in [2.24, 2.45) is 0 Å². The van der Waals surface area contributed by atoms with E-state index in [1.54, 1.807) is 7.11 Å². The first-order valence-corrected chi connectivity index (χ1v) is 11.4. The van der Waals surface area contributed by atoms with Crippen molar-refractivity contribution in [1.82, 2.24) is 5.32 Å². The molecule has 0 saturated heterocycles. The third kappa shape index (κ3) is 4.21. The van der Waals surface area contributed by atoms with Crippen molar-refractivity contribution < 1.29 is 14.3 Å². The first-order valence-electron chi connectivity index (χ1n) is 11.4. The Bertz CT molecular complexity index is 1370. The predicted octanol–water partition coefficient (Wildman–Crippen LogP) is 6.13. The number of rotatable bonds is 5. The van der Waals surface area contributed by atoms with E-state index >= 15 is 0 Å². The monoisotopic (exact) mass is 447 g/mol. The van der Waals surface area contributed by atoms with Gasteiger partial charge in [0.05, 0.1) is 12.7 Å². The van der Waals surface area contributed by atoms with E-state index in [0.29, 0.717) is 19.6 Å². The molecule has 5 rings (SSSR count). The molecular formula is C30H25NO3. The van der Waals surface area contributed by atoms with Gasteiger partial charge >= 0.3 is 6.09 Å². The summed E-state index contributed by atoms with van der Waals surface area (Å²) in [7, 11) is 1.65. The molecule has 4 aromatic carbocycles. The highest BCUT2D eigenvalue weighted by atomic mass is 16.5. The molecule has 4 aromatic rings. The molecule has 168 valence electrons. The maximum Gasteiger partial charge on any atom is 0.407 e. The summed E-state index contributed by atoms with van der Waals surface area (Å²) in [5, 5.41) is 4.98. The lowest BCUT2D eigenvalue weighted by Gasteiger charge is -2.14. The lowest BCUT2D eigenvalue weighted by atomic mass is 9.98. The number of carbonyl (C=O) groups is 1. The van der Waals surface area contributed by atoms with Crippen LogP contribution in [0.2, 0.25) is 0 Å². The maximum absolute atomic E-state index is 12.3. The van der Waals surface area contributed by atoms with E-state index < -0.39 is 6.09 Å². The van der Waals surface area contributed by atoms with Gasteiger partial charge in [-0.1, -0.05) is 90.7 Å². The van der Waals surface area contributed by atoms with Crippen molar-refractivity contribution in [3.63, 3.8) is 0 Å². The Morgan fingerprint density at radius 2 is 1.56 bits per heavy atom. The van der Waals surface area contributed by atoms with Gasteiger partial charge in [0.2, 0.25) is 0 Å². The first kappa shape index (κ1) is 21.6. The zero-order valence-corrected chi connectivity index (χ0v) is 19.0. The lowest BCUT2D eigenvalue weighted by Crippen LogP contribution is -2.26. The second-order valence-electron chi connectivity index (χ2n) is 8.17. The van der Waals surface area contributed by atoms with E-state index in [0.717, 1.165) is 22.1 Å². The van der Waals surface area contributed by atoms with E-state index in [-0.39, 0.29) is 5.92 Å². The Balaban J connectivity index is 1.18. The minimum Gasteiger partial charge on any atom is -0.495 e. The molecule has 0 radical (unpaired) electrons. The molecule has 0 spiro atoms. The molecule has 0 aromatic heterocycles. The van der Waals surface area contributed by atoms with Gasteiger partial charge in [0, 0.05) is 24.3 Å². The van der Waals surface area contributed by atoms with Crippen molar-refractivity contribution in [1.29, 1.82) is 0 Å². The molecule has 0 fully saturated rings. The number of methoxy groups -OCH3 is 1. The molecule has 1 aliphatic carbocycles. The maximum atomic E-state index is 12.3. The molecule has 0 atom stereocenters. The Morgan fingerprint density at radius 3 is 2.29 bits per heavy atom. The number of nitrogens with one attached hydrogen (secondary N) is 1. The fourth-order valence-corrected chi connectivity index (χ4v) is 4.58. The number of alkyl carbamates (subject to hydrolysis) is 1. The number of ether oxygens (including phenoxy) is 2. The van der Waals surface area contributed by atoms with Gasteiger partial charge in [-0.05, 0) is 33.7 Å². The SMILES string of the molecule is COc1ccc2ccccc2c1C#CCCNC(=O)OCC1c2ccccc2-c2ccccc21. The number of amides is 1. The summed E-state index contributed by atoms with van der Waals surface area (Å²) >= 11 is 0. The van der Waals surface area contributed by atoms with Crippen LogP contribution in [0.4, 0.5) is 4.79 Å². The second-order valence-corrected chi connectivity index (χ2v) is 8.17. The minimum absolute atomic E-state index is 0.0526. The Labute approximate surface area is 199 Å². The third-order valence-electron chi connectivity index (χ3n) is 6.19. The highest BCUT2D eigenvalue weighted by Gasteiger charge is 2.28. The van der Waals surface area contributed by atoms with Crippen LogP contribution in [0.15, 0.2) is 84.9 Å². The van der Waals surface area contributed by atoms with Crippen LogP contribution in [0, 0.1) is 11.8 Å². The lowest BCUT2D eigenvalue weighted by molar-refractivity contribution is 0.143. The fourth-order valence-electron chi connectivity index (χ4n) is 4.58. The number of hydrogen-bond donors (Lipinski definition) is 1. The summed E-state index contributed by atoms with van der Waals surface area (Å²) in [6, 6.07) is 28.7. The average molecular weight is 448 g/mol. The first-order chi connectivity index (χ1) is 16.8. The standard InChI is InChI=1S/C30H25NO3/c1-33-29-18-17-21-10-2-3-11-22(21)27(29)16-8-9-19-31-30(32)34-20-28-25-14-6-4-12-23(25)24-13-5-7-15-26(24)28/h2-7,10-15,17-18,28H,9,19-20H2,1H3,(H,31,32). The normalized spacial score (nSPS) is 11.8. The number of fused-ring (bicyclic) bond motifs is 4. The Morgan fingerprint density at radius 1 is 0.882 bits per heavy atom. The molecular weight excluding hydrogens is 422 g/mol. The van der Waals surface area contributed by atoms with E-state index in [2.05, 4.69) is 47.5 Å². The molecule has 0 heterocycles. The quantitative estimate of drug-likeness (QED) is 0.296. The topological polar surface area (TPSA) is 47.6 Å². The van der Waals surface area contributed by atoms with Gasteiger partial charge in [0.1, 0.15) is 12.4 Å². The number of carbonyl (C=O) groups excluding carboxylic acids is 1. The molecule has 0 aliphatic heterocycles. The largest absolute Gasteiger partial charge is 0.495 e. The highest BCUT2D eigenvalue weighted by Crippen LogP contribution is 2.44. The summed E-state index contributed by atoms with van der Waals surface area (Å²) in [6.45, 7) is 0.718. The highest BCUT2D eigenvalue weighted by molar-refractivity contribution is 5.90. The number of hydrogen-bond acceptors (Lipinski definition) is 3. The molecule has 1 aliphatic rings. The van der Waals surface area contributed by atoms with Crippen molar-refractivity contribution in [3.05, 3.63) is 102 Å². The van der Waals surface area contributed by atoms with E-state index in [1.807, 2.05) is 54.6 Å². The van der Waals surface area contributed by atoms with Crippen LogP contribution in [-0.2, 0) is 4.74 Å². The summed E-state index contributed by atoms with van der Waals surface area (Å²) < 4.78 is 11.1. The van der Waals surface area contributed by atoms with Gasteiger partial charge in [-0.15, -0.1) is 0 Å². The van der Waals surface area contributed by atoms with Crippen molar-refractivity contribution in [2.45, 2.75) is 12.3 Å². The van der Waals surface area contributed by atoms with Crippen molar-refractivity contribution >= 4 is 16.9 Å². The van der Waals surface area contributed by atoms with Crippen LogP contribution < -0.4 is 10.1 Å². The van der Waals surface area contributed by atoms with Crippen LogP contribution in [-0.4, -0.2) is 26.4 Å². The van der Waals surface area contributed by atoms with Gasteiger partial charge in [0.25, 0.3) is 0 Å². The molecule has 34 heavy (non-hydrogen) atoms. The van der Waals surface area contributed by atoms with Crippen molar-refractivity contribution in [2.75, 3.05) is 20.3 Å².